The zero-order chi connectivity index (χ0) is 10.8. The molecule has 0 unspecified atom stereocenters. The maximum absolute atomic E-state index is 11.3. The van der Waals surface area contributed by atoms with Crippen molar-refractivity contribution in [3.05, 3.63) is 0 Å². The molecule has 3 nitrogen and oxygen atoms in total. The molecule has 1 amide bonds. The largest absolute Gasteiger partial charge is 0.375 e. The lowest BCUT2D eigenvalue weighted by atomic mass is 9.81. The Labute approximate surface area is 86.4 Å². The normalized spacial score (nSPS) is 18.1. The Bertz CT molecular complexity index is 202. The van der Waals surface area contributed by atoms with Crippen molar-refractivity contribution in [3.63, 3.8) is 0 Å². The van der Waals surface area contributed by atoms with Gasteiger partial charge >= 0.3 is 0 Å². The van der Waals surface area contributed by atoms with Gasteiger partial charge in [0.1, 0.15) is 6.61 Å². The van der Waals surface area contributed by atoms with Gasteiger partial charge in [0.05, 0.1) is 0 Å². The van der Waals surface area contributed by atoms with Crippen LogP contribution in [0.4, 0.5) is 0 Å². The van der Waals surface area contributed by atoms with Crippen LogP contribution in [0.1, 0.15) is 27.2 Å². The van der Waals surface area contributed by atoms with Gasteiger partial charge < -0.3 is 9.64 Å². The Balaban J connectivity index is 2.20. The van der Waals surface area contributed by atoms with E-state index in [2.05, 4.69) is 20.8 Å². The standard InChI is InChI=1S/C11H21NO2/c1-11(2,3)5-9-6-12(7-9)10(13)8-14-4/h9H,5-8H2,1-4H3. The van der Waals surface area contributed by atoms with Gasteiger partial charge in [-0.25, -0.2) is 0 Å². The predicted molar refractivity (Wildman–Crippen MR) is 56.0 cm³/mol. The van der Waals surface area contributed by atoms with Gasteiger partial charge in [-0.2, -0.15) is 0 Å². The first kappa shape index (κ1) is 11.5. The summed E-state index contributed by atoms with van der Waals surface area (Å²) in [5, 5.41) is 0. The smallest absolute Gasteiger partial charge is 0.248 e. The Morgan fingerprint density at radius 3 is 2.43 bits per heavy atom. The van der Waals surface area contributed by atoms with Gasteiger partial charge in [-0.3, -0.25) is 4.79 Å². The molecule has 1 rings (SSSR count). The van der Waals surface area contributed by atoms with E-state index >= 15 is 0 Å². The molecule has 0 aromatic heterocycles. The maximum Gasteiger partial charge on any atom is 0.248 e. The first-order chi connectivity index (χ1) is 6.42. The SMILES string of the molecule is COCC(=O)N1CC(CC(C)(C)C)C1. The third-order valence-electron chi connectivity index (χ3n) is 2.48. The lowest BCUT2D eigenvalue weighted by Crippen LogP contribution is -2.52. The van der Waals surface area contributed by atoms with E-state index in [1.807, 2.05) is 4.90 Å². The molecule has 0 spiro atoms. The van der Waals surface area contributed by atoms with Gasteiger partial charge in [0.2, 0.25) is 5.91 Å². The van der Waals surface area contributed by atoms with Crippen molar-refractivity contribution in [1.82, 2.24) is 4.90 Å². The van der Waals surface area contributed by atoms with E-state index in [0.717, 1.165) is 13.1 Å². The van der Waals surface area contributed by atoms with Crippen LogP contribution < -0.4 is 0 Å². The molecular formula is C11H21NO2. The van der Waals surface area contributed by atoms with Crippen molar-refractivity contribution in [2.45, 2.75) is 27.2 Å². The van der Waals surface area contributed by atoms with Gasteiger partial charge in [-0.1, -0.05) is 20.8 Å². The summed E-state index contributed by atoms with van der Waals surface area (Å²) in [6, 6.07) is 0. The van der Waals surface area contributed by atoms with Crippen LogP contribution in [0.5, 0.6) is 0 Å². The molecule has 1 heterocycles. The molecule has 0 aromatic carbocycles. The fourth-order valence-electron chi connectivity index (χ4n) is 1.98. The van der Waals surface area contributed by atoms with Crippen molar-refractivity contribution in [2.24, 2.45) is 11.3 Å². The topological polar surface area (TPSA) is 29.5 Å². The second-order valence-corrected chi connectivity index (χ2v) is 5.36. The highest BCUT2D eigenvalue weighted by atomic mass is 16.5. The van der Waals surface area contributed by atoms with E-state index in [1.165, 1.54) is 6.42 Å². The minimum Gasteiger partial charge on any atom is -0.375 e. The zero-order valence-electron chi connectivity index (χ0n) is 9.67. The molecule has 1 saturated heterocycles. The second kappa shape index (κ2) is 4.30. The quantitative estimate of drug-likeness (QED) is 0.690. The van der Waals surface area contributed by atoms with Crippen molar-refractivity contribution in [2.75, 3.05) is 26.8 Å². The average molecular weight is 199 g/mol. The van der Waals surface area contributed by atoms with Gasteiger partial charge in [-0.05, 0) is 17.8 Å². The number of ether oxygens (including phenoxy) is 1. The first-order valence-electron chi connectivity index (χ1n) is 5.19. The molecule has 0 radical (unpaired) electrons. The Morgan fingerprint density at radius 2 is 2.00 bits per heavy atom. The monoisotopic (exact) mass is 199 g/mol. The molecule has 0 saturated carbocycles. The van der Waals surface area contributed by atoms with E-state index in [-0.39, 0.29) is 12.5 Å². The van der Waals surface area contributed by atoms with Crippen molar-refractivity contribution >= 4 is 5.91 Å². The molecule has 0 N–H and O–H groups in total. The third kappa shape index (κ3) is 3.29. The number of hydrogen-bond acceptors (Lipinski definition) is 2. The van der Waals surface area contributed by atoms with Crippen molar-refractivity contribution in [3.8, 4) is 0 Å². The summed E-state index contributed by atoms with van der Waals surface area (Å²) in [6.45, 7) is 8.78. The van der Waals surface area contributed by atoms with Crippen LogP contribution in [0.3, 0.4) is 0 Å². The number of amides is 1. The zero-order valence-corrected chi connectivity index (χ0v) is 9.67. The molecule has 0 bridgehead atoms. The summed E-state index contributed by atoms with van der Waals surface area (Å²) >= 11 is 0. The summed E-state index contributed by atoms with van der Waals surface area (Å²) < 4.78 is 4.81. The van der Waals surface area contributed by atoms with Crippen molar-refractivity contribution in [1.29, 1.82) is 0 Å². The first-order valence-corrected chi connectivity index (χ1v) is 5.19. The lowest BCUT2D eigenvalue weighted by molar-refractivity contribution is -0.142. The average Bonchev–Trinajstić information content (AvgIpc) is 1.94. The minimum absolute atomic E-state index is 0.123. The third-order valence-corrected chi connectivity index (χ3v) is 2.48. The highest BCUT2D eigenvalue weighted by Gasteiger charge is 2.32. The van der Waals surface area contributed by atoms with E-state index in [1.54, 1.807) is 7.11 Å². The highest BCUT2D eigenvalue weighted by Crippen LogP contribution is 2.30. The number of hydrogen-bond donors (Lipinski definition) is 0. The van der Waals surface area contributed by atoms with Crippen LogP contribution in [0.25, 0.3) is 0 Å². The van der Waals surface area contributed by atoms with Gasteiger partial charge in [-0.15, -0.1) is 0 Å². The Kier molecular flexibility index (Phi) is 3.53. The molecule has 0 aromatic rings. The van der Waals surface area contributed by atoms with E-state index < -0.39 is 0 Å². The summed E-state index contributed by atoms with van der Waals surface area (Å²) in [5.74, 6) is 0.813. The van der Waals surface area contributed by atoms with Crippen LogP contribution in [0.15, 0.2) is 0 Å². The lowest BCUT2D eigenvalue weighted by Gasteiger charge is -2.42. The summed E-state index contributed by atoms with van der Waals surface area (Å²) in [4.78, 5) is 13.2. The van der Waals surface area contributed by atoms with Gasteiger partial charge in [0, 0.05) is 20.2 Å². The molecule has 1 aliphatic heterocycles. The summed E-state index contributed by atoms with van der Waals surface area (Å²) in [6.07, 6.45) is 1.20. The van der Waals surface area contributed by atoms with E-state index in [9.17, 15) is 4.79 Å². The number of rotatable bonds is 3. The minimum atomic E-state index is 0.123. The van der Waals surface area contributed by atoms with E-state index in [0.29, 0.717) is 11.3 Å². The molecule has 14 heavy (non-hydrogen) atoms. The van der Waals surface area contributed by atoms with Crippen LogP contribution in [0.2, 0.25) is 0 Å². The van der Waals surface area contributed by atoms with Crippen LogP contribution in [-0.2, 0) is 9.53 Å². The van der Waals surface area contributed by atoms with Gasteiger partial charge in [0.15, 0.2) is 0 Å². The molecule has 1 fully saturated rings. The molecule has 1 aliphatic rings. The molecule has 82 valence electrons. The predicted octanol–water partition coefficient (Wildman–Crippen LogP) is 1.53. The van der Waals surface area contributed by atoms with Crippen LogP contribution >= 0.6 is 0 Å². The number of carbonyl (C=O) groups excluding carboxylic acids is 1. The second-order valence-electron chi connectivity index (χ2n) is 5.36. The highest BCUT2D eigenvalue weighted by molar-refractivity contribution is 5.78. The molecule has 0 aliphatic carbocycles. The fraction of sp³-hybridized carbons (Fsp3) is 0.909. The maximum atomic E-state index is 11.3. The number of nitrogens with zero attached hydrogens (tertiary/aromatic N) is 1. The number of likely N-dealkylation sites (tertiary alicyclic amines) is 1. The van der Waals surface area contributed by atoms with E-state index in [4.69, 9.17) is 4.74 Å². The number of methoxy groups -OCH3 is 1. The molecule has 3 heteroatoms. The van der Waals surface area contributed by atoms with Crippen molar-refractivity contribution < 1.29 is 9.53 Å². The summed E-state index contributed by atoms with van der Waals surface area (Å²) in [5.41, 5.74) is 0.376. The fourth-order valence-corrected chi connectivity index (χ4v) is 1.98. The molecule has 0 atom stereocenters. The Hall–Kier alpha value is -0.570. The number of carbonyl (C=O) groups is 1. The van der Waals surface area contributed by atoms with Gasteiger partial charge in [0.25, 0.3) is 0 Å². The Morgan fingerprint density at radius 1 is 1.43 bits per heavy atom. The van der Waals surface area contributed by atoms with Crippen LogP contribution in [0, 0.1) is 11.3 Å². The summed E-state index contributed by atoms with van der Waals surface area (Å²) in [7, 11) is 1.56. The van der Waals surface area contributed by atoms with Crippen LogP contribution in [-0.4, -0.2) is 37.6 Å². The molecular weight excluding hydrogens is 178 g/mol.